The van der Waals surface area contributed by atoms with Crippen molar-refractivity contribution in [2.45, 2.75) is 47.0 Å². The second-order valence-electron chi connectivity index (χ2n) is 3.85. The second kappa shape index (κ2) is 6.08. The molecule has 0 bridgehead atoms. The van der Waals surface area contributed by atoms with Gasteiger partial charge in [0.15, 0.2) is 0 Å². The van der Waals surface area contributed by atoms with Gasteiger partial charge in [-0.3, -0.25) is 0 Å². The standard InChI is InChI=1S/C12H22/c1-6-10(3)8-9-12(5)11(4)7-2/h10,12H,2,6,8-9H2,1,3-5H3. The topological polar surface area (TPSA) is 0 Å². The summed E-state index contributed by atoms with van der Waals surface area (Å²) < 4.78 is 0. The molecule has 0 radical (unpaired) electrons. The first-order chi connectivity index (χ1) is 5.61. The van der Waals surface area contributed by atoms with Gasteiger partial charge in [0.2, 0.25) is 0 Å². The Morgan fingerprint density at radius 2 is 1.92 bits per heavy atom. The summed E-state index contributed by atoms with van der Waals surface area (Å²) in [6, 6.07) is 0. The van der Waals surface area contributed by atoms with Crippen LogP contribution in [0.25, 0.3) is 0 Å². The maximum Gasteiger partial charge on any atom is -0.0158 e. The van der Waals surface area contributed by atoms with Crippen molar-refractivity contribution in [3.63, 3.8) is 0 Å². The van der Waals surface area contributed by atoms with Gasteiger partial charge in [-0.25, -0.2) is 0 Å². The van der Waals surface area contributed by atoms with E-state index >= 15 is 0 Å². The van der Waals surface area contributed by atoms with Crippen LogP contribution in [0.15, 0.2) is 17.9 Å². The van der Waals surface area contributed by atoms with Gasteiger partial charge in [-0.15, -0.1) is 5.73 Å². The van der Waals surface area contributed by atoms with Gasteiger partial charge in [0, 0.05) is 0 Å². The summed E-state index contributed by atoms with van der Waals surface area (Å²) in [5.74, 6) is 1.53. The molecule has 0 heteroatoms. The molecule has 0 saturated heterocycles. The SMILES string of the molecule is C=C=C(C)C(C)CCC(C)CC. The number of rotatable bonds is 5. The van der Waals surface area contributed by atoms with Crippen LogP contribution in [0, 0.1) is 11.8 Å². The van der Waals surface area contributed by atoms with Crippen LogP contribution in [-0.2, 0) is 0 Å². The first-order valence-corrected chi connectivity index (χ1v) is 4.98. The molecule has 0 rings (SSSR count). The Bertz CT molecular complexity index is 161. The highest BCUT2D eigenvalue weighted by molar-refractivity contribution is 4.98. The van der Waals surface area contributed by atoms with Gasteiger partial charge in [0.05, 0.1) is 0 Å². The number of hydrogen-bond donors (Lipinski definition) is 0. The summed E-state index contributed by atoms with van der Waals surface area (Å²) in [5, 5.41) is 0. The van der Waals surface area contributed by atoms with E-state index in [-0.39, 0.29) is 0 Å². The quantitative estimate of drug-likeness (QED) is 0.537. The highest BCUT2D eigenvalue weighted by Gasteiger charge is 2.05. The molecule has 0 aliphatic heterocycles. The molecule has 0 nitrogen and oxygen atoms in total. The fraction of sp³-hybridized carbons (Fsp3) is 0.750. The van der Waals surface area contributed by atoms with Crippen molar-refractivity contribution in [3.8, 4) is 0 Å². The summed E-state index contributed by atoms with van der Waals surface area (Å²) in [4.78, 5) is 0. The lowest BCUT2D eigenvalue weighted by molar-refractivity contribution is 0.451. The van der Waals surface area contributed by atoms with Crippen molar-refractivity contribution in [1.82, 2.24) is 0 Å². The van der Waals surface area contributed by atoms with Crippen LogP contribution >= 0.6 is 0 Å². The maximum absolute atomic E-state index is 3.67. The minimum absolute atomic E-state index is 0.663. The van der Waals surface area contributed by atoms with E-state index in [2.05, 4.69) is 40.0 Å². The van der Waals surface area contributed by atoms with Gasteiger partial charge in [-0.2, -0.15) is 0 Å². The van der Waals surface area contributed by atoms with Crippen LogP contribution < -0.4 is 0 Å². The molecular weight excluding hydrogens is 144 g/mol. The van der Waals surface area contributed by atoms with Crippen LogP contribution in [0.4, 0.5) is 0 Å². The van der Waals surface area contributed by atoms with Crippen molar-refractivity contribution in [3.05, 3.63) is 17.9 Å². The Balaban J connectivity index is 3.71. The Kier molecular flexibility index (Phi) is 5.84. The fourth-order valence-corrected chi connectivity index (χ4v) is 1.13. The van der Waals surface area contributed by atoms with Crippen LogP contribution in [0.2, 0.25) is 0 Å². The van der Waals surface area contributed by atoms with Crippen molar-refractivity contribution in [1.29, 1.82) is 0 Å². The first-order valence-electron chi connectivity index (χ1n) is 4.98. The van der Waals surface area contributed by atoms with E-state index in [9.17, 15) is 0 Å². The molecule has 2 unspecified atom stereocenters. The van der Waals surface area contributed by atoms with Crippen molar-refractivity contribution in [2.24, 2.45) is 11.8 Å². The molecule has 0 amide bonds. The molecule has 0 spiro atoms. The fourth-order valence-electron chi connectivity index (χ4n) is 1.13. The Labute approximate surface area is 77.4 Å². The third-order valence-electron chi connectivity index (χ3n) is 2.81. The van der Waals surface area contributed by atoms with Gasteiger partial charge in [-0.1, -0.05) is 40.2 Å². The largest absolute Gasteiger partial charge is 0.130 e. The summed E-state index contributed by atoms with van der Waals surface area (Å²) >= 11 is 0. The summed E-state index contributed by atoms with van der Waals surface area (Å²) in [5.41, 5.74) is 4.28. The third kappa shape index (κ3) is 4.41. The molecule has 2 atom stereocenters. The predicted molar refractivity (Wildman–Crippen MR) is 56.2 cm³/mol. The Hall–Kier alpha value is -0.480. The molecule has 0 saturated carbocycles. The molecule has 0 aromatic carbocycles. The van der Waals surface area contributed by atoms with Gasteiger partial charge >= 0.3 is 0 Å². The average Bonchev–Trinajstić information content (AvgIpc) is 2.11. The van der Waals surface area contributed by atoms with E-state index in [4.69, 9.17) is 0 Å². The van der Waals surface area contributed by atoms with Crippen LogP contribution in [-0.4, -0.2) is 0 Å². The lowest BCUT2D eigenvalue weighted by Crippen LogP contribution is -2.00. The van der Waals surface area contributed by atoms with Crippen molar-refractivity contribution >= 4 is 0 Å². The van der Waals surface area contributed by atoms with Crippen molar-refractivity contribution in [2.75, 3.05) is 0 Å². The molecule has 0 aromatic rings. The predicted octanol–water partition coefficient (Wildman–Crippen LogP) is 4.18. The Morgan fingerprint density at radius 3 is 2.33 bits per heavy atom. The minimum atomic E-state index is 0.663. The minimum Gasteiger partial charge on any atom is -0.130 e. The summed E-state index contributed by atoms with van der Waals surface area (Å²) in [6.45, 7) is 12.6. The lowest BCUT2D eigenvalue weighted by atomic mass is 9.92. The van der Waals surface area contributed by atoms with E-state index in [1.807, 2.05) is 0 Å². The smallest absolute Gasteiger partial charge is 0.0158 e. The molecule has 0 aliphatic rings. The van der Waals surface area contributed by atoms with Crippen LogP contribution in [0.1, 0.15) is 47.0 Å². The Morgan fingerprint density at radius 1 is 1.33 bits per heavy atom. The molecule has 70 valence electrons. The number of allylic oxidation sites excluding steroid dienone is 1. The summed E-state index contributed by atoms with van der Waals surface area (Å²) in [7, 11) is 0. The number of hydrogen-bond acceptors (Lipinski definition) is 0. The zero-order valence-corrected chi connectivity index (χ0v) is 8.98. The third-order valence-corrected chi connectivity index (χ3v) is 2.81. The molecule has 0 N–H and O–H groups in total. The van der Waals surface area contributed by atoms with Crippen LogP contribution in [0.3, 0.4) is 0 Å². The van der Waals surface area contributed by atoms with Crippen molar-refractivity contribution < 1.29 is 0 Å². The van der Waals surface area contributed by atoms with Crippen LogP contribution in [0.5, 0.6) is 0 Å². The second-order valence-corrected chi connectivity index (χ2v) is 3.85. The monoisotopic (exact) mass is 166 g/mol. The lowest BCUT2D eigenvalue weighted by Gasteiger charge is -2.13. The van der Waals surface area contributed by atoms with Gasteiger partial charge < -0.3 is 0 Å². The van der Waals surface area contributed by atoms with Gasteiger partial charge in [-0.05, 0) is 30.8 Å². The van der Waals surface area contributed by atoms with E-state index in [0.717, 1.165) is 5.92 Å². The van der Waals surface area contributed by atoms with E-state index in [1.54, 1.807) is 0 Å². The average molecular weight is 166 g/mol. The summed E-state index contributed by atoms with van der Waals surface area (Å²) in [6.07, 6.45) is 3.91. The van der Waals surface area contributed by atoms with E-state index in [0.29, 0.717) is 5.92 Å². The van der Waals surface area contributed by atoms with Gasteiger partial charge in [0.25, 0.3) is 0 Å². The highest BCUT2D eigenvalue weighted by Crippen LogP contribution is 2.19. The maximum atomic E-state index is 3.67. The molecule has 0 heterocycles. The normalized spacial score (nSPS) is 15.0. The molecule has 12 heavy (non-hydrogen) atoms. The molecule has 0 aliphatic carbocycles. The first kappa shape index (κ1) is 11.5. The zero-order chi connectivity index (χ0) is 9.56. The molecule has 0 aromatic heterocycles. The van der Waals surface area contributed by atoms with Gasteiger partial charge in [0.1, 0.15) is 0 Å². The van der Waals surface area contributed by atoms with E-state index in [1.165, 1.54) is 24.8 Å². The highest BCUT2D eigenvalue weighted by atomic mass is 14.1. The molecule has 0 fully saturated rings. The zero-order valence-electron chi connectivity index (χ0n) is 8.98. The molecular formula is C12H22. The van der Waals surface area contributed by atoms with E-state index < -0.39 is 0 Å².